The molecule has 0 amide bonds. The highest BCUT2D eigenvalue weighted by Crippen LogP contribution is 2.43. The lowest BCUT2D eigenvalue weighted by Crippen LogP contribution is -2.39. The van der Waals surface area contributed by atoms with Crippen LogP contribution in [0.25, 0.3) is 22.3 Å². The van der Waals surface area contributed by atoms with Crippen LogP contribution in [0.4, 0.5) is 0 Å². The molecular weight excluding hydrogens is 544 g/mol. The number of aliphatic hydroxyl groups is 4. The molecule has 220 valence electrons. The van der Waals surface area contributed by atoms with Gasteiger partial charge in [-0.05, 0) is 93.0 Å². The minimum Gasteiger partial charge on any atom is -0.508 e. The Bertz CT molecular complexity index is 1540. The van der Waals surface area contributed by atoms with Crippen LogP contribution in [0.3, 0.4) is 0 Å². The Morgan fingerprint density at radius 3 is 1.07 bits per heavy atom. The van der Waals surface area contributed by atoms with Crippen LogP contribution in [0.2, 0.25) is 0 Å². The molecule has 0 heterocycles. The summed E-state index contributed by atoms with van der Waals surface area (Å²) < 4.78 is 0. The zero-order valence-electron chi connectivity index (χ0n) is 22.5. The summed E-state index contributed by atoms with van der Waals surface area (Å²) in [4.78, 5) is 0. The third kappa shape index (κ3) is 5.53. The van der Waals surface area contributed by atoms with Gasteiger partial charge in [0, 0.05) is 25.7 Å². The van der Waals surface area contributed by atoms with E-state index < -0.39 is 47.4 Å². The quantitative estimate of drug-likeness (QED) is 0.158. The molecule has 10 N–H and O–H groups in total. The second kappa shape index (κ2) is 10.7. The minimum atomic E-state index is -1.85. The maximum atomic E-state index is 11.7. The number of phenolic OH excluding ortho intramolecular Hbond substituents is 6. The number of rotatable bonds is 2. The van der Waals surface area contributed by atoms with Crippen molar-refractivity contribution in [3.05, 3.63) is 82.9 Å². The molecule has 2 unspecified atom stereocenters. The van der Waals surface area contributed by atoms with Gasteiger partial charge in [0.05, 0.1) is 24.4 Å². The highest BCUT2D eigenvalue weighted by Gasteiger charge is 2.34. The Kier molecular flexibility index (Phi) is 7.42. The lowest BCUT2D eigenvalue weighted by molar-refractivity contribution is -0.0142. The number of benzene rings is 4. The third-order valence-electron chi connectivity index (χ3n) is 7.83. The van der Waals surface area contributed by atoms with E-state index in [4.69, 9.17) is 0 Å². The molecule has 1 aliphatic carbocycles. The molecule has 0 spiro atoms. The second-order valence-corrected chi connectivity index (χ2v) is 11.2. The highest BCUT2D eigenvalue weighted by molar-refractivity contribution is 5.77. The highest BCUT2D eigenvalue weighted by atomic mass is 16.3. The molecule has 4 aromatic rings. The standard InChI is InChI=1S/C32H32O10/c33-15-31(41)11-17-5-21(35)1-3-23(17)25-9-29(39)27(37)7-19(25)13-32(42,16-34)12-18-6-22(36)2-4-24(18)26-10-30(40)28(38)8-20(26)14-31/h1-10,33-42H,11-16H2. The fourth-order valence-electron chi connectivity index (χ4n) is 5.78. The predicted octanol–water partition coefficient (Wildman–Crippen LogP) is 2.58. The Labute approximate surface area is 240 Å². The van der Waals surface area contributed by atoms with Crippen molar-refractivity contribution in [1.82, 2.24) is 0 Å². The molecular formula is C32H32O10. The first-order chi connectivity index (χ1) is 19.8. The number of aromatic hydroxyl groups is 6. The van der Waals surface area contributed by atoms with Gasteiger partial charge in [0.2, 0.25) is 0 Å². The molecule has 5 rings (SSSR count). The second-order valence-electron chi connectivity index (χ2n) is 11.2. The molecule has 0 fully saturated rings. The molecule has 0 aliphatic heterocycles. The lowest BCUT2D eigenvalue weighted by atomic mass is 9.79. The topological polar surface area (TPSA) is 202 Å². The molecule has 4 aromatic carbocycles. The molecule has 0 aromatic heterocycles. The van der Waals surface area contributed by atoms with Crippen LogP contribution in [-0.4, -0.2) is 75.5 Å². The van der Waals surface area contributed by atoms with Crippen LogP contribution in [0.15, 0.2) is 60.7 Å². The third-order valence-corrected chi connectivity index (χ3v) is 7.83. The van der Waals surface area contributed by atoms with E-state index in [2.05, 4.69) is 0 Å². The summed E-state index contributed by atoms with van der Waals surface area (Å²) in [5.74, 6) is -2.13. The number of phenols is 6. The first-order valence-electron chi connectivity index (χ1n) is 13.2. The average Bonchev–Trinajstić information content (AvgIpc) is 2.93. The van der Waals surface area contributed by atoms with Gasteiger partial charge in [-0.1, -0.05) is 12.1 Å². The Balaban J connectivity index is 1.83. The van der Waals surface area contributed by atoms with Gasteiger partial charge in [0.1, 0.15) is 11.5 Å². The zero-order valence-corrected chi connectivity index (χ0v) is 22.5. The van der Waals surface area contributed by atoms with E-state index in [0.29, 0.717) is 44.5 Å². The van der Waals surface area contributed by atoms with Gasteiger partial charge in [-0.15, -0.1) is 0 Å². The van der Waals surface area contributed by atoms with Crippen LogP contribution in [-0.2, 0) is 25.7 Å². The lowest BCUT2D eigenvalue weighted by Gasteiger charge is -2.32. The monoisotopic (exact) mass is 576 g/mol. The minimum absolute atomic E-state index is 0.136. The van der Waals surface area contributed by atoms with Crippen LogP contribution in [0.5, 0.6) is 34.5 Å². The Morgan fingerprint density at radius 1 is 0.429 bits per heavy atom. The SMILES string of the molecule is OCC1(O)Cc2cc(O)ccc2-c2cc(O)c(O)cc2CC(O)(CO)Cc2cc(O)ccc2-c2cc(O)c(O)cc2C1. The molecule has 0 saturated heterocycles. The van der Waals surface area contributed by atoms with E-state index in [-0.39, 0.29) is 37.2 Å². The summed E-state index contributed by atoms with van der Waals surface area (Å²) in [5.41, 5.74) is -0.851. The molecule has 2 atom stereocenters. The van der Waals surface area contributed by atoms with Crippen molar-refractivity contribution in [3.8, 4) is 56.8 Å². The largest absolute Gasteiger partial charge is 0.508 e. The fraction of sp³-hybridized carbons (Fsp3) is 0.250. The van der Waals surface area contributed by atoms with E-state index in [1.807, 2.05) is 0 Å². The van der Waals surface area contributed by atoms with Crippen LogP contribution in [0, 0.1) is 0 Å². The van der Waals surface area contributed by atoms with Crippen molar-refractivity contribution in [3.63, 3.8) is 0 Å². The molecule has 10 heteroatoms. The van der Waals surface area contributed by atoms with Crippen molar-refractivity contribution >= 4 is 0 Å². The van der Waals surface area contributed by atoms with Crippen LogP contribution < -0.4 is 0 Å². The average molecular weight is 577 g/mol. The summed E-state index contributed by atoms with van der Waals surface area (Å²) in [5, 5.41) is 106. The van der Waals surface area contributed by atoms with E-state index >= 15 is 0 Å². The first kappa shape index (κ1) is 29.0. The smallest absolute Gasteiger partial charge is 0.158 e. The fourth-order valence-corrected chi connectivity index (χ4v) is 5.78. The van der Waals surface area contributed by atoms with Gasteiger partial charge in [-0.25, -0.2) is 0 Å². The molecule has 0 saturated carbocycles. The van der Waals surface area contributed by atoms with E-state index in [1.54, 1.807) is 0 Å². The first-order valence-corrected chi connectivity index (χ1v) is 13.2. The van der Waals surface area contributed by atoms with E-state index in [0.717, 1.165) is 0 Å². The summed E-state index contributed by atoms with van der Waals surface area (Å²) in [7, 11) is 0. The van der Waals surface area contributed by atoms with Gasteiger partial charge in [0.25, 0.3) is 0 Å². The molecule has 10 nitrogen and oxygen atoms in total. The van der Waals surface area contributed by atoms with E-state index in [9.17, 15) is 51.1 Å². The summed E-state index contributed by atoms with van der Waals surface area (Å²) in [6, 6.07) is 13.7. The van der Waals surface area contributed by atoms with Crippen LogP contribution in [0.1, 0.15) is 22.3 Å². The zero-order chi connectivity index (χ0) is 30.4. The van der Waals surface area contributed by atoms with Crippen molar-refractivity contribution in [1.29, 1.82) is 0 Å². The van der Waals surface area contributed by atoms with E-state index in [1.165, 1.54) is 60.7 Å². The number of aliphatic hydroxyl groups excluding tert-OH is 2. The normalized spacial score (nSPS) is 20.5. The molecule has 0 bridgehead atoms. The number of fused-ring (bicyclic) bond motifs is 6. The van der Waals surface area contributed by atoms with Gasteiger partial charge in [0.15, 0.2) is 23.0 Å². The Hall–Kier alpha value is -4.48. The van der Waals surface area contributed by atoms with Crippen LogP contribution >= 0.6 is 0 Å². The van der Waals surface area contributed by atoms with Gasteiger partial charge in [-0.2, -0.15) is 0 Å². The maximum Gasteiger partial charge on any atom is 0.158 e. The number of hydrogen-bond acceptors (Lipinski definition) is 10. The summed E-state index contributed by atoms with van der Waals surface area (Å²) in [6.07, 6.45) is -0.912. The molecule has 0 radical (unpaired) electrons. The van der Waals surface area contributed by atoms with Crippen molar-refractivity contribution in [2.75, 3.05) is 13.2 Å². The molecule has 1 aliphatic rings. The summed E-state index contributed by atoms with van der Waals surface area (Å²) in [6.45, 7) is -1.47. The molecule has 42 heavy (non-hydrogen) atoms. The summed E-state index contributed by atoms with van der Waals surface area (Å²) >= 11 is 0. The predicted molar refractivity (Wildman–Crippen MR) is 153 cm³/mol. The van der Waals surface area contributed by atoms with Crippen molar-refractivity contribution in [2.45, 2.75) is 36.9 Å². The number of hydrogen-bond donors (Lipinski definition) is 10. The van der Waals surface area contributed by atoms with Gasteiger partial charge >= 0.3 is 0 Å². The van der Waals surface area contributed by atoms with Gasteiger partial charge < -0.3 is 51.1 Å². The Morgan fingerprint density at radius 2 is 0.738 bits per heavy atom. The van der Waals surface area contributed by atoms with Crippen molar-refractivity contribution in [2.24, 2.45) is 0 Å². The van der Waals surface area contributed by atoms with Gasteiger partial charge in [-0.3, -0.25) is 0 Å². The van der Waals surface area contributed by atoms with Crippen molar-refractivity contribution < 1.29 is 51.1 Å². The maximum absolute atomic E-state index is 11.7.